The van der Waals surface area contributed by atoms with Crippen molar-refractivity contribution in [1.82, 2.24) is 31.9 Å². The zero-order chi connectivity index (χ0) is 39.6. The fraction of sp³-hybridized carbons (Fsp3) is 0.719. The lowest BCUT2D eigenvalue weighted by molar-refractivity contribution is -0.142. The lowest BCUT2D eigenvalue weighted by Gasteiger charge is -2.28. The van der Waals surface area contributed by atoms with Gasteiger partial charge in [0.2, 0.25) is 35.4 Å². The zero-order valence-corrected chi connectivity index (χ0v) is 30.2. The number of nitrogens with two attached hydrogens (primary N) is 1. The van der Waals surface area contributed by atoms with E-state index >= 15 is 0 Å². The largest absolute Gasteiger partial charge is 0.481 e. The molecule has 19 nitrogen and oxygen atoms in total. The molecule has 0 aliphatic heterocycles. The highest BCUT2D eigenvalue weighted by Crippen LogP contribution is 2.11. The summed E-state index contributed by atoms with van der Waals surface area (Å²) in [5, 5.41) is 41.5. The lowest BCUT2D eigenvalue weighted by Crippen LogP contribution is -2.59. The lowest BCUT2D eigenvalue weighted by atomic mass is 9.99. The Kier molecular flexibility index (Phi) is 20.7. The van der Waals surface area contributed by atoms with Gasteiger partial charge in [-0.3, -0.25) is 43.2 Å². The van der Waals surface area contributed by atoms with Crippen molar-refractivity contribution in [3.8, 4) is 0 Å². The molecule has 290 valence electrons. The topological polar surface area (TPSA) is 313 Å². The van der Waals surface area contributed by atoms with Crippen LogP contribution in [0, 0.1) is 17.8 Å². The molecule has 0 radical (unpaired) electrons. The van der Waals surface area contributed by atoms with Crippen LogP contribution >= 0.6 is 0 Å². The Bertz CT molecular complexity index is 1260. The van der Waals surface area contributed by atoms with Gasteiger partial charge in [-0.1, -0.05) is 41.5 Å². The molecule has 0 aromatic heterocycles. The summed E-state index contributed by atoms with van der Waals surface area (Å²) >= 11 is 0. The number of hydrogen-bond acceptors (Lipinski definition) is 10. The summed E-state index contributed by atoms with van der Waals surface area (Å²) in [5.74, 6) is -9.62. The van der Waals surface area contributed by atoms with Crippen molar-refractivity contribution in [1.29, 1.82) is 0 Å². The van der Waals surface area contributed by atoms with Crippen LogP contribution < -0.4 is 37.6 Å². The molecule has 0 saturated heterocycles. The average Bonchev–Trinajstić information content (AvgIpc) is 2.99. The van der Waals surface area contributed by atoms with Crippen molar-refractivity contribution in [3.63, 3.8) is 0 Å². The molecule has 0 aliphatic carbocycles. The zero-order valence-electron chi connectivity index (χ0n) is 30.2. The number of carbonyl (C=O) groups excluding carboxylic acids is 6. The molecular weight excluding hydrogens is 674 g/mol. The predicted molar refractivity (Wildman–Crippen MR) is 181 cm³/mol. The first-order valence-corrected chi connectivity index (χ1v) is 16.7. The molecule has 0 fully saturated rings. The monoisotopic (exact) mass is 729 g/mol. The third kappa shape index (κ3) is 19.8. The summed E-state index contributed by atoms with van der Waals surface area (Å²) in [6, 6.07) is -7.80. The number of nitrogens with one attached hydrogen (secondary N) is 6. The Morgan fingerprint density at radius 2 is 0.922 bits per heavy atom. The van der Waals surface area contributed by atoms with E-state index in [4.69, 9.17) is 10.8 Å². The fourth-order valence-electron chi connectivity index (χ4n) is 4.73. The normalized spacial score (nSPS) is 14.6. The maximum Gasteiger partial charge on any atom is 0.322 e. The second kappa shape index (κ2) is 22.8. The van der Waals surface area contributed by atoms with Crippen LogP contribution in [0.2, 0.25) is 0 Å². The SMILES string of the molecule is CC(C)CC(N)C(=O)NC(C)C(=O)NC(CCC(=O)O)C(=O)NC(CC(C)C)C(=O)NC(CC(C)C)C(=O)NC(CC(=O)O)C(=O)NCC(=O)O. The summed E-state index contributed by atoms with van der Waals surface area (Å²) in [4.78, 5) is 112. The molecule has 0 saturated carbocycles. The predicted octanol–water partition coefficient (Wildman–Crippen LogP) is -1.56. The summed E-state index contributed by atoms with van der Waals surface area (Å²) in [6.07, 6.45) is -1.39. The van der Waals surface area contributed by atoms with Crippen LogP contribution in [-0.2, 0) is 43.2 Å². The van der Waals surface area contributed by atoms with E-state index in [0.29, 0.717) is 6.42 Å². The third-order valence-electron chi connectivity index (χ3n) is 7.20. The first-order valence-electron chi connectivity index (χ1n) is 16.7. The van der Waals surface area contributed by atoms with Crippen molar-refractivity contribution >= 4 is 53.4 Å². The van der Waals surface area contributed by atoms with E-state index in [-0.39, 0.29) is 37.0 Å². The van der Waals surface area contributed by atoms with Crippen LogP contribution in [0.5, 0.6) is 0 Å². The number of amides is 6. The minimum atomic E-state index is -1.68. The maximum absolute atomic E-state index is 13.6. The van der Waals surface area contributed by atoms with Gasteiger partial charge in [0, 0.05) is 6.42 Å². The van der Waals surface area contributed by atoms with E-state index in [1.165, 1.54) is 6.92 Å². The molecule has 6 amide bonds. The molecule has 0 heterocycles. The van der Waals surface area contributed by atoms with Gasteiger partial charge in [-0.2, -0.15) is 0 Å². The van der Waals surface area contributed by atoms with Crippen molar-refractivity contribution in [3.05, 3.63) is 0 Å². The second-order valence-electron chi connectivity index (χ2n) is 13.6. The van der Waals surface area contributed by atoms with Crippen LogP contribution in [0.15, 0.2) is 0 Å². The molecule has 6 unspecified atom stereocenters. The molecule has 0 spiro atoms. The molecule has 51 heavy (non-hydrogen) atoms. The highest BCUT2D eigenvalue weighted by Gasteiger charge is 2.33. The number of aliphatic carboxylic acids is 3. The van der Waals surface area contributed by atoms with Crippen molar-refractivity contribution in [2.45, 2.75) is 123 Å². The van der Waals surface area contributed by atoms with E-state index in [1.54, 1.807) is 27.7 Å². The third-order valence-corrected chi connectivity index (χ3v) is 7.20. The van der Waals surface area contributed by atoms with E-state index in [0.717, 1.165) is 0 Å². The van der Waals surface area contributed by atoms with Crippen LogP contribution in [0.3, 0.4) is 0 Å². The van der Waals surface area contributed by atoms with Gasteiger partial charge in [-0.15, -0.1) is 0 Å². The minimum absolute atomic E-state index is 0.0121. The molecular formula is C32H55N7O12. The highest BCUT2D eigenvalue weighted by molar-refractivity contribution is 5.97. The van der Waals surface area contributed by atoms with Gasteiger partial charge >= 0.3 is 17.9 Å². The standard InChI is InChI=1S/C32H55N7O12/c1-15(2)10-19(33)28(47)35-18(7)27(46)36-20(8-9-24(40)41)30(49)37-21(11-16(3)4)31(50)38-22(12-17(5)6)32(51)39-23(13-25(42)43)29(48)34-14-26(44)45/h15-23H,8-14,33H2,1-7H3,(H,34,48)(H,35,47)(H,36,46)(H,37,49)(H,38,50)(H,39,51)(H,40,41)(H,42,43)(H,44,45). The maximum atomic E-state index is 13.6. The van der Waals surface area contributed by atoms with E-state index in [1.807, 2.05) is 19.2 Å². The Labute approximate surface area is 297 Å². The van der Waals surface area contributed by atoms with E-state index < -0.39 is 109 Å². The Hall–Kier alpha value is -4.81. The molecule has 0 rings (SSSR count). The molecule has 11 N–H and O–H groups in total. The van der Waals surface area contributed by atoms with Crippen LogP contribution in [0.1, 0.15) is 87.0 Å². The number of carboxylic acid groups (broad SMARTS) is 3. The highest BCUT2D eigenvalue weighted by atomic mass is 16.4. The second-order valence-corrected chi connectivity index (χ2v) is 13.6. The van der Waals surface area contributed by atoms with E-state index in [9.17, 15) is 53.4 Å². The quantitative estimate of drug-likeness (QED) is 0.0538. The first kappa shape index (κ1) is 46.2. The van der Waals surface area contributed by atoms with Crippen molar-refractivity contribution < 1.29 is 58.5 Å². The minimum Gasteiger partial charge on any atom is -0.481 e. The van der Waals surface area contributed by atoms with Crippen LogP contribution in [-0.4, -0.2) is 111 Å². The summed E-state index contributed by atoms with van der Waals surface area (Å²) < 4.78 is 0. The summed E-state index contributed by atoms with van der Waals surface area (Å²) in [5.41, 5.74) is 5.88. The van der Waals surface area contributed by atoms with Gasteiger partial charge in [0.15, 0.2) is 0 Å². The van der Waals surface area contributed by atoms with Crippen LogP contribution in [0.4, 0.5) is 0 Å². The molecule has 0 aromatic carbocycles. The van der Waals surface area contributed by atoms with Crippen molar-refractivity contribution in [2.75, 3.05) is 6.54 Å². The van der Waals surface area contributed by atoms with Gasteiger partial charge < -0.3 is 53.0 Å². The number of rotatable bonds is 24. The van der Waals surface area contributed by atoms with Gasteiger partial charge in [-0.25, -0.2) is 0 Å². The van der Waals surface area contributed by atoms with Gasteiger partial charge in [0.25, 0.3) is 0 Å². The van der Waals surface area contributed by atoms with Gasteiger partial charge in [0.1, 0.15) is 36.8 Å². The number of carbonyl (C=O) groups is 9. The molecule has 19 heteroatoms. The Balaban J connectivity index is 6.09. The van der Waals surface area contributed by atoms with Crippen molar-refractivity contribution in [2.24, 2.45) is 23.5 Å². The molecule has 0 aromatic rings. The summed E-state index contributed by atoms with van der Waals surface area (Å²) in [7, 11) is 0. The van der Waals surface area contributed by atoms with Gasteiger partial charge in [-0.05, 0) is 50.4 Å². The van der Waals surface area contributed by atoms with Crippen LogP contribution in [0.25, 0.3) is 0 Å². The van der Waals surface area contributed by atoms with E-state index in [2.05, 4.69) is 26.6 Å². The smallest absolute Gasteiger partial charge is 0.322 e. The van der Waals surface area contributed by atoms with Gasteiger partial charge in [0.05, 0.1) is 12.5 Å². The molecule has 6 atom stereocenters. The Morgan fingerprint density at radius 1 is 0.490 bits per heavy atom. The summed E-state index contributed by atoms with van der Waals surface area (Å²) in [6.45, 7) is 11.2. The molecule has 0 bridgehead atoms. The fourth-order valence-corrected chi connectivity index (χ4v) is 4.73. The Morgan fingerprint density at radius 3 is 1.33 bits per heavy atom. The number of hydrogen-bond donors (Lipinski definition) is 10. The first-order chi connectivity index (χ1) is 23.5. The number of carboxylic acids is 3. The molecule has 0 aliphatic rings. The average molecular weight is 730 g/mol.